The molecule has 1 aliphatic heterocycles. The predicted molar refractivity (Wildman–Crippen MR) is 91.9 cm³/mol. The van der Waals surface area contributed by atoms with E-state index in [1.807, 2.05) is 0 Å². The van der Waals surface area contributed by atoms with Gasteiger partial charge in [0.2, 0.25) is 0 Å². The van der Waals surface area contributed by atoms with E-state index < -0.39 is 17.6 Å². The van der Waals surface area contributed by atoms with E-state index in [2.05, 4.69) is 5.32 Å². The molecule has 4 nitrogen and oxygen atoms in total. The maximum atomic E-state index is 13.2. The molecule has 0 fully saturated rings. The molecule has 1 heterocycles. The topological polar surface area (TPSA) is 49.4 Å². The maximum absolute atomic E-state index is 13.2. The van der Waals surface area contributed by atoms with Crippen LogP contribution >= 0.6 is 34.8 Å². The maximum Gasteiger partial charge on any atom is 0.283 e. The first-order valence-electron chi connectivity index (χ1n) is 6.64. The van der Waals surface area contributed by atoms with Gasteiger partial charge in [0.1, 0.15) is 16.5 Å². The van der Waals surface area contributed by atoms with Crippen LogP contribution in [0.15, 0.2) is 53.2 Å². The number of rotatable bonds is 3. The lowest BCUT2D eigenvalue weighted by molar-refractivity contribution is -0.120. The molecule has 24 heavy (non-hydrogen) atoms. The van der Waals surface area contributed by atoms with Gasteiger partial charge < -0.3 is 5.32 Å². The van der Waals surface area contributed by atoms with Crippen LogP contribution in [0.3, 0.4) is 0 Å². The molecule has 0 atom stereocenters. The summed E-state index contributed by atoms with van der Waals surface area (Å²) < 4.78 is 13.2. The average Bonchev–Trinajstić information content (AvgIpc) is 2.76. The molecule has 122 valence electrons. The van der Waals surface area contributed by atoms with E-state index in [0.29, 0.717) is 16.4 Å². The Morgan fingerprint density at radius 1 is 0.917 bits per heavy atom. The third-order valence-electron chi connectivity index (χ3n) is 3.30. The molecule has 2 amide bonds. The second-order valence-electron chi connectivity index (χ2n) is 4.87. The van der Waals surface area contributed by atoms with Crippen LogP contribution in [0.25, 0.3) is 0 Å². The number of carbonyl (C=O) groups excluding carboxylic acids is 2. The van der Waals surface area contributed by atoms with Gasteiger partial charge in [0.25, 0.3) is 11.8 Å². The Labute approximate surface area is 151 Å². The molecule has 0 aliphatic carbocycles. The lowest BCUT2D eigenvalue weighted by Crippen LogP contribution is -2.32. The highest BCUT2D eigenvalue weighted by Gasteiger charge is 2.38. The van der Waals surface area contributed by atoms with Gasteiger partial charge in [-0.3, -0.25) is 9.59 Å². The van der Waals surface area contributed by atoms with E-state index in [1.165, 1.54) is 24.3 Å². The van der Waals surface area contributed by atoms with Crippen molar-refractivity contribution in [1.82, 2.24) is 0 Å². The van der Waals surface area contributed by atoms with Crippen LogP contribution in [0.2, 0.25) is 10.0 Å². The first kappa shape index (κ1) is 16.8. The van der Waals surface area contributed by atoms with E-state index in [4.69, 9.17) is 34.8 Å². The summed E-state index contributed by atoms with van der Waals surface area (Å²) in [6.07, 6.45) is 0. The van der Waals surface area contributed by atoms with Crippen molar-refractivity contribution in [1.29, 1.82) is 0 Å². The number of anilines is 2. The normalized spacial score (nSPS) is 14.6. The van der Waals surface area contributed by atoms with Crippen molar-refractivity contribution < 1.29 is 14.0 Å². The van der Waals surface area contributed by atoms with Crippen molar-refractivity contribution in [2.45, 2.75) is 0 Å². The largest absolute Gasteiger partial charge is 0.350 e. The molecular weight excluding hydrogens is 378 g/mol. The summed E-state index contributed by atoms with van der Waals surface area (Å²) in [6, 6.07) is 9.96. The minimum atomic E-state index is -0.667. The lowest BCUT2D eigenvalue weighted by Gasteiger charge is -2.15. The molecule has 0 spiro atoms. The monoisotopic (exact) mass is 384 g/mol. The minimum absolute atomic E-state index is 0.112. The van der Waals surface area contributed by atoms with E-state index in [0.717, 1.165) is 11.0 Å². The van der Waals surface area contributed by atoms with Crippen LogP contribution in [-0.4, -0.2) is 11.8 Å². The molecule has 1 aliphatic rings. The van der Waals surface area contributed by atoms with Gasteiger partial charge in [-0.1, -0.05) is 34.8 Å². The fourth-order valence-electron chi connectivity index (χ4n) is 2.15. The number of hydrogen-bond acceptors (Lipinski definition) is 3. The van der Waals surface area contributed by atoms with Crippen molar-refractivity contribution in [3.8, 4) is 0 Å². The molecule has 2 aromatic rings. The van der Waals surface area contributed by atoms with Crippen molar-refractivity contribution in [3.63, 3.8) is 0 Å². The molecule has 0 aromatic heterocycles. The Morgan fingerprint density at radius 2 is 1.58 bits per heavy atom. The highest BCUT2D eigenvalue weighted by molar-refractivity contribution is 6.53. The zero-order valence-corrected chi connectivity index (χ0v) is 14.1. The summed E-state index contributed by atoms with van der Waals surface area (Å²) >= 11 is 17.5. The first-order valence-corrected chi connectivity index (χ1v) is 7.78. The van der Waals surface area contributed by atoms with E-state index in [9.17, 15) is 14.0 Å². The molecular formula is C16H8Cl3FN2O2. The standard InChI is InChI=1S/C16H8Cl3FN2O2/c17-8-1-4-10(5-2-8)22-15(23)13(19)14(16(22)24)21-9-3-6-12(20)11(18)7-9/h1-7,21H. The van der Waals surface area contributed by atoms with Crippen LogP contribution in [0.5, 0.6) is 0 Å². The predicted octanol–water partition coefficient (Wildman–Crippen LogP) is 4.57. The summed E-state index contributed by atoms with van der Waals surface area (Å²) in [5.74, 6) is -1.90. The smallest absolute Gasteiger partial charge is 0.283 e. The Bertz CT molecular complexity index is 881. The van der Waals surface area contributed by atoms with Crippen molar-refractivity contribution in [2.24, 2.45) is 0 Å². The molecule has 0 saturated heterocycles. The number of nitrogens with one attached hydrogen (secondary N) is 1. The molecule has 0 saturated carbocycles. The summed E-state index contributed by atoms with van der Waals surface area (Å²) in [5.41, 5.74) is 0.550. The van der Waals surface area contributed by atoms with Crippen molar-refractivity contribution in [3.05, 3.63) is 69.1 Å². The SMILES string of the molecule is O=C1C(Cl)=C(Nc2ccc(F)c(Cl)c2)C(=O)N1c1ccc(Cl)cc1. The third-order valence-corrected chi connectivity index (χ3v) is 4.19. The van der Waals surface area contributed by atoms with E-state index >= 15 is 0 Å². The van der Waals surface area contributed by atoms with Crippen molar-refractivity contribution in [2.75, 3.05) is 10.2 Å². The van der Waals surface area contributed by atoms with Crippen LogP contribution in [-0.2, 0) is 9.59 Å². The van der Waals surface area contributed by atoms with Crippen LogP contribution in [0.4, 0.5) is 15.8 Å². The van der Waals surface area contributed by atoms with E-state index in [-0.39, 0.29) is 15.8 Å². The lowest BCUT2D eigenvalue weighted by atomic mass is 10.3. The van der Waals surface area contributed by atoms with Gasteiger partial charge in [-0.2, -0.15) is 0 Å². The zero-order valence-electron chi connectivity index (χ0n) is 11.8. The van der Waals surface area contributed by atoms with Gasteiger partial charge in [-0.05, 0) is 42.5 Å². The van der Waals surface area contributed by atoms with Gasteiger partial charge in [0, 0.05) is 10.7 Å². The van der Waals surface area contributed by atoms with Gasteiger partial charge in [0.15, 0.2) is 0 Å². The molecule has 0 radical (unpaired) electrons. The third kappa shape index (κ3) is 2.98. The number of nitrogens with zero attached hydrogens (tertiary/aromatic N) is 1. The van der Waals surface area contributed by atoms with Gasteiger partial charge in [-0.15, -0.1) is 0 Å². The molecule has 2 aromatic carbocycles. The van der Waals surface area contributed by atoms with Gasteiger partial charge in [-0.25, -0.2) is 9.29 Å². The second-order valence-corrected chi connectivity index (χ2v) is 6.09. The zero-order chi connectivity index (χ0) is 17.4. The Morgan fingerprint density at radius 3 is 2.21 bits per heavy atom. The Kier molecular flexibility index (Phi) is 4.49. The number of benzene rings is 2. The van der Waals surface area contributed by atoms with Crippen molar-refractivity contribution >= 4 is 58.0 Å². The van der Waals surface area contributed by atoms with Gasteiger partial charge in [0.05, 0.1) is 10.7 Å². The Hall–Kier alpha value is -2.08. The number of amides is 2. The molecule has 1 N–H and O–H groups in total. The molecule has 0 unspecified atom stereocenters. The number of carbonyl (C=O) groups is 2. The number of halogens is 4. The molecule has 0 bridgehead atoms. The highest BCUT2D eigenvalue weighted by Crippen LogP contribution is 2.31. The van der Waals surface area contributed by atoms with Crippen LogP contribution < -0.4 is 10.2 Å². The highest BCUT2D eigenvalue weighted by atomic mass is 35.5. The summed E-state index contributed by atoms with van der Waals surface area (Å²) in [7, 11) is 0. The second kappa shape index (κ2) is 6.43. The fourth-order valence-corrected chi connectivity index (χ4v) is 2.67. The average molecular weight is 386 g/mol. The Balaban J connectivity index is 1.91. The van der Waals surface area contributed by atoms with E-state index in [1.54, 1.807) is 12.1 Å². The summed E-state index contributed by atoms with van der Waals surface area (Å²) in [6.45, 7) is 0. The quantitative estimate of drug-likeness (QED) is 0.788. The molecule has 8 heteroatoms. The van der Waals surface area contributed by atoms with Crippen LogP contribution in [0, 0.1) is 5.82 Å². The number of hydrogen-bond donors (Lipinski definition) is 1. The molecule has 3 rings (SSSR count). The summed E-state index contributed by atoms with van der Waals surface area (Å²) in [5, 5.41) is 2.79. The first-order chi connectivity index (χ1) is 11.4. The minimum Gasteiger partial charge on any atom is -0.350 e. The van der Waals surface area contributed by atoms with Crippen LogP contribution in [0.1, 0.15) is 0 Å². The summed E-state index contributed by atoms with van der Waals surface area (Å²) in [4.78, 5) is 25.7. The number of imide groups is 1. The fraction of sp³-hybridized carbons (Fsp3) is 0. The van der Waals surface area contributed by atoms with Gasteiger partial charge >= 0.3 is 0 Å².